The molecule has 0 saturated carbocycles. The van der Waals surface area contributed by atoms with Gasteiger partial charge in [0.25, 0.3) is 0 Å². The van der Waals surface area contributed by atoms with E-state index in [0.29, 0.717) is 11.3 Å². The highest BCUT2D eigenvalue weighted by molar-refractivity contribution is 7.71. The maximum Gasteiger partial charge on any atom is 0.177 e. The molecule has 0 spiro atoms. The van der Waals surface area contributed by atoms with Crippen molar-refractivity contribution in [2.24, 2.45) is 5.92 Å². The summed E-state index contributed by atoms with van der Waals surface area (Å²) >= 11 is 5.22. The zero-order valence-corrected chi connectivity index (χ0v) is 14.4. The third-order valence-corrected chi connectivity index (χ3v) is 4.97. The van der Waals surface area contributed by atoms with Crippen molar-refractivity contribution in [3.8, 4) is 5.75 Å². The van der Waals surface area contributed by atoms with Crippen LogP contribution in [-0.2, 0) is 19.4 Å². The van der Waals surface area contributed by atoms with Crippen molar-refractivity contribution in [1.82, 2.24) is 9.55 Å². The summed E-state index contributed by atoms with van der Waals surface area (Å²) in [7, 11) is 1.70. The molecule has 2 aromatic rings. The van der Waals surface area contributed by atoms with Gasteiger partial charge in [-0.25, -0.2) is 0 Å². The molecule has 1 N–H and O–H groups in total. The number of Topliss-reactive ketones (excluding diaryl/α,β-unsaturated/α-hetero) is 1. The van der Waals surface area contributed by atoms with Crippen LogP contribution < -0.4 is 4.74 Å². The first-order chi connectivity index (χ1) is 11.1. The second-order valence-electron chi connectivity index (χ2n) is 6.16. The number of ketones is 1. The number of fused-ring (bicyclic) bond motifs is 1. The van der Waals surface area contributed by atoms with Crippen LogP contribution in [0.2, 0.25) is 0 Å². The lowest BCUT2D eigenvalue weighted by molar-refractivity contribution is 0.0916. The summed E-state index contributed by atoms with van der Waals surface area (Å²) in [5, 5.41) is 0. The summed E-state index contributed by atoms with van der Waals surface area (Å²) in [6, 6.07) is 3.87. The second kappa shape index (κ2) is 6.71. The van der Waals surface area contributed by atoms with Gasteiger partial charge in [0, 0.05) is 30.4 Å². The van der Waals surface area contributed by atoms with Crippen molar-refractivity contribution in [2.45, 2.75) is 39.2 Å². The molecule has 3 rings (SSSR count). The second-order valence-corrected chi connectivity index (χ2v) is 6.55. The number of aromatic amines is 1. The number of aromatic nitrogens is 2. The molecule has 0 saturated heterocycles. The van der Waals surface area contributed by atoms with Crippen molar-refractivity contribution in [3.05, 3.63) is 46.0 Å². The Labute approximate surface area is 141 Å². The SMILES string of the molecule is COc1ccc(C(=O)C(C)Cn2cc[nH]c2=S)c2c1CCCC2. The van der Waals surface area contributed by atoms with Crippen molar-refractivity contribution in [1.29, 1.82) is 0 Å². The topological polar surface area (TPSA) is 47.0 Å². The average Bonchev–Trinajstić information content (AvgIpc) is 2.98. The predicted octanol–water partition coefficient (Wildman–Crippen LogP) is 3.95. The van der Waals surface area contributed by atoms with E-state index in [4.69, 9.17) is 17.0 Å². The fraction of sp³-hybridized carbons (Fsp3) is 0.444. The van der Waals surface area contributed by atoms with Gasteiger partial charge in [-0.05, 0) is 61.2 Å². The Kier molecular flexibility index (Phi) is 4.66. The van der Waals surface area contributed by atoms with Crippen molar-refractivity contribution >= 4 is 18.0 Å². The van der Waals surface area contributed by atoms with Gasteiger partial charge in [0.2, 0.25) is 0 Å². The molecule has 0 aliphatic heterocycles. The standard InChI is InChI=1S/C18H22N2O2S/c1-12(11-20-10-9-19-18(20)23)17(21)15-7-8-16(22-2)14-6-4-3-5-13(14)15/h7-10,12H,3-6,11H2,1-2H3,(H,19,23). The van der Waals surface area contributed by atoms with Gasteiger partial charge in [-0.3, -0.25) is 4.79 Å². The number of methoxy groups -OCH3 is 1. The molecular formula is C18H22N2O2S. The molecule has 0 amide bonds. The molecule has 1 aliphatic rings. The van der Waals surface area contributed by atoms with Gasteiger partial charge in [-0.15, -0.1) is 0 Å². The molecular weight excluding hydrogens is 308 g/mol. The number of rotatable bonds is 5. The summed E-state index contributed by atoms with van der Waals surface area (Å²) < 4.78 is 8.04. The Balaban J connectivity index is 1.90. The first kappa shape index (κ1) is 16.0. The molecule has 1 atom stereocenters. The van der Waals surface area contributed by atoms with E-state index >= 15 is 0 Å². The van der Waals surface area contributed by atoms with Crippen LogP contribution in [0.5, 0.6) is 5.75 Å². The summed E-state index contributed by atoms with van der Waals surface area (Å²) in [6.45, 7) is 2.57. The Hall–Kier alpha value is -1.88. The minimum Gasteiger partial charge on any atom is -0.496 e. The first-order valence-electron chi connectivity index (χ1n) is 8.08. The van der Waals surface area contributed by atoms with E-state index < -0.39 is 0 Å². The molecule has 1 aliphatic carbocycles. The predicted molar refractivity (Wildman–Crippen MR) is 92.7 cm³/mol. The van der Waals surface area contributed by atoms with E-state index in [0.717, 1.165) is 37.0 Å². The van der Waals surface area contributed by atoms with E-state index in [9.17, 15) is 4.79 Å². The van der Waals surface area contributed by atoms with Crippen molar-refractivity contribution in [2.75, 3.05) is 7.11 Å². The van der Waals surface area contributed by atoms with E-state index in [1.807, 2.05) is 29.8 Å². The third-order valence-electron chi connectivity index (χ3n) is 4.62. The number of nitrogens with zero attached hydrogens (tertiary/aromatic N) is 1. The number of imidazole rings is 1. The molecule has 1 unspecified atom stereocenters. The van der Waals surface area contributed by atoms with Crippen LogP contribution in [-0.4, -0.2) is 22.4 Å². The van der Waals surface area contributed by atoms with Gasteiger partial charge in [-0.1, -0.05) is 6.92 Å². The number of carbonyl (C=O) groups excluding carboxylic acids is 1. The lowest BCUT2D eigenvalue weighted by Crippen LogP contribution is -2.20. The smallest absolute Gasteiger partial charge is 0.177 e. The van der Waals surface area contributed by atoms with Gasteiger partial charge in [-0.2, -0.15) is 0 Å². The highest BCUT2D eigenvalue weighted by Gasteiger charge is 2.24. The molecule has 1 heterocycles. The number of hydrogen-bond donors (Lipinski definition) is 1. The molecule has 1 aromatic heterocycles. The zero-order valence-electron chi connectivity index (χ0n) is 13.6. The Morgan fingerprint density at radius 3 is 2.74 bits per heavy atom. The van der Waals surface area contributed by atoms with Crippen LogP contribution in [0.4, 0.5) is 0 Å². The number of H-pyrrole nitrogens is 1. The molecule has 4 nitrogen and oxygen atoms in total. The molecule has 0 bridgehead atoms. The molecule has 5 heteroatoms. The molecule has 0 fully saturated rings. The number of carbonyl (C=O) groups is 1. The number of ether oxygens (including phenoxy) is 1. The lowest BCUT2D eigenvalue weighted by Gasteiger charge is -2.23. The van der Waals surface area contributed by atoms with Gasteiger partial charge < -0.3 is 14.3 Å². The monoisotopic (exact) mass is 330 g/mol. The maximum absolute atomic E-state index is 13.0. The van der Waals surface area contributed by atoms with Crippen LogP contribution in [0.15, 0.2) is 24.5 Å². The van der Waals surface area contributed by atoms with Crippen LogP contribution in [0.25, 0.3) is 0 Å². The summed E-state index contributed by atoms with van der Waals surface area (Å²) in [4.78, 5) is 15.9. The average molecular weight is 330 g/mol. The highest BCUT2D eigenvalue weighted by atomic mass is 32.1. The fourth-order valence-corrected chi connectivity index (χ4v) is 3.60. The summed E-state index contributed by atoms with van der Waals surface area (Å²) in [6.07, 6.45) is 7.94. The Morgan fingerprint density at radius 2 is 2.09 bits per heavy atom. The number of hydrogen-bond acceptors (Lipinski definition) is 3. The minimum absolute atomic E-state index is 0.114. The van der Waals surface area contributed by atoms with Crippen molar-refractivity contribution in [3.63, 3.8) is 0 Å². The largest absolute Gasteiger partial charge is 0.496 e. The van der Waals surface area contributed by atoms with Gasteiger partial charge >= 0.3 is 0 Å². The van der Waals surface area contributed by atoms with Gasteiger partial charge in [0.15, 0.2) is 10.6 Å². The lowest BCUT2D eigenvalue weighted by atomic mass is 9.84. The van der Waals surface area contributed by atoms with E-state index in [2.05, 4.69) is 4.98 Å². The quantitative estimate of drug-likeness (QED) is 0.667. The number of benzene rings is 1. The van der Waals surface area contributed by atoms with Gasteiger partial charge in [0.1, 0.15) is 5.75 Å². The first-order valence-corrected chi connectivity index (χ1v) is 8.49. The Morgan fingerprint density at radius 1 is 1.35 bits per heavy atom. The number of nitrogens with one attached hydrogen (secondary N) is 1. The summed E-state index contributed by atoms with van der Waals surface area (Å²) in [5.74, 6) is 0.989. The third kappa shape index (κ3) is 3.11. The molecule has 122 valence electrons. The van der Waals surface area contributed by atoms with Gasteiger partial charge in [0.05, 0.1) is 7.11 Å². The zero-order chi connectivity index (χ0) is 16.4. The van der Waals surface area contributed by atoms with Crippen LogP contribution >= 0.6 is 12.2 Å². The normalized spacial score (nSPS) is 15.0. The Bertz CT molecular complexity index is 776. The summed E-state index contributed by atoms with van der Waals surface area (Å²) in [5.41, 5.74) is 3.26. The molecule has 23 heavy (non-hydrogen) atoms. The maximum atomic E-state index is 13.0. The van der Waals surface area contributed by atoms with Crippen LogP contribution in [0, 0.1) is 10.7 Å². The van der Waals surface area contributed by atoms with Crippen LogP contribution in [0.3, 0.4) is 0 Å². The molecule has 0 radical (unpaired) electrons. The van der Waals surface area contributed by atoms with Crippen LogP contribution in [0.1, 0.15) is 41.3 Å². The van der Waals surface area contributed by atoms with E-state index in [1.54, 1.807) is 13.3 Å². The minimum atomic E-state index is -0.114. The van der Waals surface area contributed by atoms with Crippen molar-refractivity contribution < 1.29 is 9.53 Å². The highest BCUT2D eigenvalue weighted by Crippen LogP contribution is 2.33. The van der Waals surface area contributed by atoms with E-state index in [-0.39, 0.29) is 11.7 Å². The molecule has 1 aromatic carbocycles. The van der Waals surface area contributed by atoms with E-state index in [1.165, 1.54) is 11.1 Å². The fourth-order valence-electron chi connectivity index (χ4n) is 3.39.